The van der Waals surface area contributed by atoms with Crippen LogP contribution in [0.3, 0.4) is 0 Å². The van der Waals surface area contributed by atoms with Gasteiger partial charge in [0.25, 0.3) is 0 Å². The lowest BCUT2D eigenvalue weighted by Crippen LogP contribution is -2.46. The molecule has 148 valence electrons. The Morgan fingerprint density at radius 3 is 2.54 bits per heavy atom. The van der Waals surface area contributed by atoms with Crippen LogP contribution in [0.2, 0.25) is 0 Å². The number of likely N-dealkylation sites (tertiary alicyclic amines) is 2. The number of hydrogen-bond acceptors (Lipinski definition) is 4. The summed E-state index contributed by atoms with van der Waals surface area (Å²) < 4.78 is 0. The fourth-order valence-corrected chi connectivity index (χ4v) is 4.09. The van der Waals surface area contributed by atoms with Crippen LogP contribution in [0, 0.1) is 5.92 Å². The standard InChI is InChI=1S/C18H33N7.HI/c1-3-24-10-5-15(6-11-24)4-9-20-18(19-2)25-12-7-16(8-13-25)17-21-14-22-23-17;/h14-16H,3-13H2,1-2H3,(H,19,20)(H,21,22,23);1H. The molecule has 1 aromatic heterocycles. The lowest BCUT2D eigenvalue weighted by atomic mass is 9.93. The number of piperidine rings is 2. The van der Waals surface area contributed by atoms with Crippen molar-refractivity contribution >= 4 is 29.9 Å². The number of halogens is 1. The van der Waals surface area contributed by atoms with Gasteiger partial charge in [-0.1, -0.05) is 6.92 Å². The van der Waals surface area contributed by atoms with Gasteiger partial charge in [0.1, 0.15) is 12.2 Å². The molecule has 1 aromatic rings. The average Bonchev–Trinajstić information content (AvgIpc) is 3.21. The summed E-state index contributed by atoms with van der Waals surface area (Å²) in [4.78, 5) is 13.7. The van der Waals surface area contributed by atoms with Gasteiger partial charge in [0, 0.05) is 32.6 Å². The lowest BCUT2D eigenvalue weighted by Gasteiger charge is -2.34. The fourth-order valence-electron chi connectivity index (χ4n) is 4.09. The second-order valence-electron chi connectivity index (χ2n) is 7.27. The first-order valence-electron chi connectivity index (χ1n) is 9.83. The molecule has 3 heterocycles. The number of rotatable bonds is 5. The molecule has 0 amide bonds. The van der Waals surface area contributed by atoms with Crippen LogP contribution in [0.5, 0.6) is 0 Å². The van der Waals surface area contributed by atoms with Gasteiger partial charge in [-0.3, -0.25) is 10.1 Å². The molecule has 0 aromatic carbocycles. The van der Waals surface area contributed by atoms with Gasteiger partial charge < -0.3 is 15.1 Å². The van der Waals surface area contributed by atoms with E-state index in [0.29, 0.717) is 5.92 Å². The number of nitrogens with zero attached hydrogens (tertiary/aromatic N) is 5. The Kier molecular flexibility index (Phi) is 9.10. The van der Waals surface area contributed by atoms with Crippen LogP contribution in [-0.4, -0.2) is 77.3 Å². The van der Waals surface area contributed by atoms with Crippen molar-refractivity contribution in [2.24, 2.45) is 10.9 Å². The molecule has 2 fully saturated rings. The van der Waals surface area contributed by atoms with Crippen molar-refractivity contribution in [1.29, 1.82) is 0 Å². The summed E-state index contributed by atoms with van der Waals surface area (Å²) in [6.07, 6.45) is 7.75. The van der Waals surface area contributed by atoms with Gasteiger partial charge in [0.05, 0.1) is 0 Å². The Hall–Kier alpha value is -0.900. The maximum absolute atomic E-state index is 4.49. The zero-order valence-corrected chi connectivity index (χ0v) is 18.5. The number of aromatic amines is 1. The lowest BCUT2D eigenvalue weighted by molar-refractivity contribution is 0.187. The highest BCUT2D eigenvalue weighted by Gasteiger charge is 2.24. The predicted octanol–water partition coefficient (Wildman–Crippen LogP) is 2.30. The molecule has 2 aliphatic rings. The molecule has 2 saturated heterocycles. The summed E-state index contributed by atoms with van der Waals surface area (Å²) in [5, 5.41) is 10.6. The molecule has 26 heavy (non-hydrogen) atoms. The maximum Gasteiger partial charge on any atom is 0.193 e. The third-order valence-corrected chi connectivity index (χ3v) is 5.82. The first-order chi connectivity index (χ1) is 12.3. The molecular weight excluding hydrogens is 441 g/mol. The second kappa shape index (κ2) is 11.1. The highest BCUT2D eigenvalue weighted by molar-refractivity contribution is 14.0. The Morgan fingerprint density at radius 1 is 1.23 bits per heavy atom. The number of aromatic nitrogens is 3. The smallest absolute Gasteiger partial charge is 0.193 e. The Balaban J connectivity index is 0.00000243. The third-order valence-electron chi connectivity index (χ3n) is 5.82. The first kappa shape index (κ1) is 21.4. The van der Waals surface area contributed by atoms with Crippen LogP contribution < -0.4 is 5.32 Å². The second-order valence-corrected chi connectivity index (χ2v) is 7.27. The molecule has 0 atom stereocenters. The topological polar surface area (TPSA) is 72.4 Å². The zero-order valence-electron chi connectivity index (χ0n) is 16.2. The Bertz CT molecular complexity index is 518. The van der Waals surface area contributed by atoms with Crippen LogP contribution in [-0.2, 0) is 0 Å². The Morgan fingerprint density at radius 2 is 1.96 bits per heavy atom. The molecule has 0 bridgehead atoms. The van der Waals surface area contributed by atoms with Crippen molar-refractivity contribution in [3.63, 3.8) is 0 Å². The summed E-state index contributed by atoms with van der Waals surface area (Å²) >= 11 is 0. The molecule has 0 saturated carbocycles. The van der Waals surface area contributed by atoms with Gasteiger partial charge in [0.2, 0.25) is 0 Å². The highest BCUT2D eigenvalue weighted by atomic mass is 127. The van der Waals surface area contributed by atoms with Crippen molar-refractivity contribution in [1.82, 2.24) is 30.3 Å². The number of nitrogens with one attached hydrogen (secondary N) is 2. The minimum atomic E-state index is 0. The van der Waals surface area contributed by atoms with Crippen molar-refractivity contribution in [2.45, 2.75) is 44.9 Å². The first-order valence-corrected chi connectivity index (χ1v) is 9.83. The molecule has 2 aliphatic heterocycles. The normalized spacial score (nSPS) is 20.8. The highest BCUT2D eigenvalue weighted by Crippen LogP contribution is 2.25. The summed E-state index contributed by atoms with van der Waals surface area (Å²) in [5.41, 5.74) is 0. The van der Waals surface area contributed by atoms with Gasteiger partial charge >= 0.3 is 0 Å². The van der Waals surface area contributed by atoms with E-state index in [0.717, 1.165) is 50.2 Å². The molecule has 7 nitrogen and oxygen atoms in total. The van der Waals surface area contributed by atoms with Crippen LogP contribution in [0.25, 0.3) is 0 Å². The van der Waals surface area contributed by atoms with Crippen molar-refractivity contribution in [2.75, 3.05) is 46.3 Å². The quantitative estimate of drug-likeness (QED) is 0.389. The number of hydrogen-bond donors (Lipinski definition) is 2. The molecule has 0 aliphatic carbocycles. The van der Waals surface area contributed by atoms with E-state index in [-0.39, 0.29) is 24.0 Å². The van der Waals surface area contributed by atoms with Gasteiger partial charge in [-0.2, -0.15) is 5.10 Å². The molecule has 8 heteroatoms. The number of guanidine groups is 1. The summed E-state index contributed by atoms with van der Waals surface area (Å²) in [6.45, 7) is 9.08. The van der Waals surface area contributed by atoms with E-state index in [4.69, 9.17) is 0 Å². The van der Waals surface area contributed by atoms with E-state index in [2.05, 4.69) is 42.2 Å². The SMILES string of the molecule is CCN1CCC(CCNC(=NC)N2CCC(c3ncn[nH]3)CC2)CC1.I. The van der Waals surface area contributed by atoms with E-state index in [1.807, 2.05) is 7.05 Å². The molecule has 0 unspecified atom stereocenters. The fraction of sp³-hybridized carbons (Fsp3) is 0.833. The molecule has 0 spiro atoms. The zero-order chi connectivity index (χ0) is 17.5. The summed E-state index contributed by atoms with van der Waals surface area (Å²) in [6, 6.07) is 0. The number of H-pyrrole nitrogens is 1. The van der Waals surface area contributed by atoms with Crippen molar-refractivity contribution in [3.05, 3.63) is 12.2 Å². The molecule has 3 rings (SSSR count). The third kappa shape index (κ3) is 5.80. The predicted molar refractivity (Wildman–Crippen MR) is 116 cm³/mol. The van der Waals surface area contributed by atoms with E-state index in [1.54, 1.807) is 6.33 Å². The van der Waals surface area contributed by atoms with Gasteiger partial charge in [-0.25, -0.2) is 4.98 Å². The minimum Gasteiger partial charge on any atom is -0.356 e. The van der Waals surface area contributed by atoms with Crippen LogP contribution in [0.15, 0.2) is 11.3 Å². The van der Waals surface area contributed by atoms with Gasteiger partial charge in [0.15, 0.2) is 5.96 Å². The van der Waals surface area contributed by atoms with E-state index in [1.165, 1.54) is 38.9 Å². The maximum atomic E-state index is 4.49. The van der Waals surface area contributed by atoms with Gasteiger partial charge in [-0.15, -0.1) is 24.0 Å². The van der Waals surface area contributed by atoms with E-state index >= 15 is 0 Å². The largest absolute Gasteiger partial charge is 0.356 e. The summed E-state index contributed by atoms with van der Waals surface area (Å²) in [7, 11) is 1.89. The monoisotopic (exact) mass is 475 g/mol. The van der Waals surface area contributed by atoms with Crippen LogP contribution >= 0.6 is 24.0 Å². The van der Waals surface area contributed by atoms with Crippen LogP contribution in [0.4, 0.5) is 0 Å². The molecule has 0 radical (unpaired) electrons. The van der Waals surface area contributed by atoms with E-state index < -0.39 is 0 Å². The molecular formula is C18H34IN7. The average molecular weight is 475 g/mol. The number of aliphatic imine (C=N–C) groups is 1. The minimum absolute atomic E-state index is 0. The van der Waals surface area contributed by atoms with E-state index in [9.17, 15) is 0 Å². The summed E-state index contributed by atoms with van der Waals surface area (Å²) in [5.74, 6) is 3.45. The Labute approximate surface area is 174 Å². The molecule has 2 N–H and O–H groups in total. The van der Waals surface area contributed by atoms with Crippen molar-refractivity contribution in [3.8, 4) is 0 Å². The van der Waals surface area contributed by atoms with Crippen molar-refractivity contribution < 1.29 is 0 Å². The van der Waals surface area contributed by atoms with Gasteiger partial charge in [-0.05, 0) is 57.7 Å². The van der Waals surface area contributed by atoms with Crippen LogP contribution in [0.1, 0.15) is 50.8 Å².